The summed E-state index contributed by atoms with van der Waals surface area (Å²) in [5.74, 6) is 0. The van der Waals surface area contributed by atoms with E-state index in [1.165, 1.54) is 0 Å². The zero-order valence-corrected chi connectivity index (χ0v) is 8.86. The molecule has 4 nitrogen and oxygen atoms in total. The highest BCUT2D eigenvalue weighted by molar-refractivity contribution is 9.10. The summed E-state index contributed by atoms with van der Waals surface area (Å²) in [5, 5.41) is 20.0. The molecule has 0 fully saturated rings. The minimum Gasteiger partial charge on any atom is -0.465 e. The maximum absolute atomic E-state index is 10.2. The largest absolute Gasteiger partial charge is 0.465 e. The van der Waals surface area contributed by atoms with Crippen molar-refractivity contribution in [3.63, 3.8) is 0 Å². The van der Waals surface area contributed by atoms with Gasteiger partial charge in [0.25, 0.3) is 0 Å². The highest BCUT2D eigenvalue weighted by Crippen LogP contribution is 2.15. The summed E-state index contributed by atoms with van der Waals surface area (Å²) in [5.41, 5.74) is 0.682. The van der Waals surface area contributed by atoms with Crippen LogP contribution in [0.25, 0.3) is 0 Å². The first-order valence-electron chi connectivity index (χ1n) is 4.00. The zero-order chi connectivity index (χ0) is 10.6. The molecule has 14 heavy (non-hydrogen) atoms. The van der Waals surface area contributed by atoms with Crippen LogP contribution in [0.2, 0.25) is 0 Å². The van der Waals surface area contributed by atoms with E-state index in [1.807, 2.05) is 0 Å². The third-order valence-electron chi connectivity index (χ3n) is 1.70. The smallest absolute Gasteiger partial charge is 0.404 e. The van der Waals surface area contributed by atoms with Crippen LogP contribution in [0, 0.1) is 0 Å². The Kier molecular flexibility index (Phi) is 3.91. The topological polar surface area (TPSA) is 69.6 Å². The number of hydrogen-bond donors (Lipinski definition) is 3. The molecule has 0 aliphatic heterocycles. The minimum atomic E-state index is -1.14. The lowest BCUT2D eigenvalue weighted by Crippen LogP contribution is -2.26. The lowest BCUT2D eigenvalue weighted by molar-refractivity contribution is 0.159. The van der Waals surface area contributed by atoms with E-state index in [1.54, 1.807) is 24.3 Å². The van der Waals surface area contributed by atoms with Crippen LogP contribution in [0.5, 0.6) is 0 Å². The molecule has 0 aromatic heterocycles. The second-order valence-electron chi connectivity index (χ2n) is 2.75. The van der Waals surface area contributed by atoms with Crippen LogP contribution >= 0.6 is 15.9 Å². The predicted molar refractivity (Wildman–Crippen MR) is 55.1 cm³/mol. The van der Waals surface area contributed by atoms with Gasteiger partial charge in [0.1, 0.15) is 0 Å². The van der Waals surface area contributed by atoms with Crippen molar-refractivity contribution in [3.05, 3.63) is 34.3 Å². The Morgan fingerprint density at radius 1 is 1.43 bits per heavy atom. The van der Waals surface area contributed by atoms with Gasteiger partial charge in [0.05, 0.1) is 12.6 Å². The van der Waals surface area contributed by atoms with E-state index < -0.39 is 12.2 Å². The number of amides is 1. The SMILES string of the molecule is O=C(O)NC[C@@H](O)c1ccc(Br)cc1. The number of aliphatic hydroxyl groups is 1. The fourth-order valence-corrected chi connectivity index (χ4v) is 1.25. The molecule has 0 aliphatic carbocycles. The third kappa shape index (κ3) is 3.35. The summed E-state index contributed by atoms with van der Waals surface area (Å²) in [6.45, 7) is -0.00301. The van der Waals surface area contributed by atoms with E-state index >= 15 is 0 Å². The van der Waals surface area contributed by atoms with Gasteiger partial charge in [-0.1, -0.05) is 28.1 Å². The van der Waals surface area contributed by atoms with E-state index in [-0.39, 0.29) is 6.54 Å². The van der Waals surface area contributed by atoms with Crippen LogP contribution in [-0.4, -0.2) is 22.9 Å². The van der Waals surface area contributed by atoms with Gasteiger partial charge in [0.15, 0.2) is 0 Å². The molecule has 0 saturated carbocycles. The zero-order valence-electron chi connectivity index (χ0n) is 7.27. The maximum Gasteiger partial charge on any atom is 0.404 e. The van der Waals surface area contributed by atoms with Gasteiger partial charge in [0.2, 0.25) is 0 Å². The molecule has 0 aliphatic rings. The van der Waals surface area contributed by atoms with Crippen LogP contribution < -0.4 is 5.32 Å². The average Bonchev–Trinajstić information content (AvgIpc) is 2.15. The molecule has 0 unspecified atom stereocenters. The molecule has 0 bridgehead atoms. The Balaban J connectivity index is 2.56. The van der Waals surface area contributed by atoms with Crippen molar-refractivity contribution in [3.8, 4) is 0 Å². The Morgan fingerprint density at radius 3 is 2.50 bits per heavy atom. The number of aliphatic hydroxyl groups excluding tert-OH is 1. The van der Waals surface area contributed by atoms with Gasteiger partial charge < -0.3 is 15.5 Å². The van der Waals surface area contributed by atoms with Crippen LogP contribution in [0.4, 0.5) is 4.79 Å². The molecule has 0 radical (unpaired) electrons. The number of carboxylic acid groups (broad SMARTS) is 1. The first-order valence-corrected chi connectivity index (χ1v) is 4.79. The van der Waals surface area contributed by atoms with Crippen LogP contribution in [0.3, 0.4) is 0 Å². The Morgan fingerprint density at radius 2 is 2.00 bits per heavy atom. The van der Waals surface area contributed by atoms with E-state index in [0.29, 0.717) is 5.56 Å². The molecular formula is C9H10BrNO3. The number of hydrogen-bond acceptors (Lipinski definition) is 2. The Bertz CT molecular complexity index is 312. The first-order chi connectivity index (χ1) is 6.59. The summed E-state index contributed by atoms with van der Waals surface area (Å²) in [4.78, 5) is 10.2. The van der Waals surface area contributed by atoms with Crippen molar-refractivity contribution in [2.75, 3.05) is 6.54 Å². The van der Waals surface area contributed by atoms with Gasteiger partial charge in [-0.3, -0.25) is 0 Å². The van der Waals surface area contributed by atoms with E-state index in [0.717, 1.165) is 4.47 Å². The number of benzene rings is 1. The minimum absolute atomic E-state index is 0.00301. The molecule has 1 atom stereocenters. The van der Waals surface area contributed by atoms with Crippen LogP contribution in [0.15, 0.2) is 28.7 Å². The molecule has 1 aromatic carbocycles. The van der Waals surface area contributed by atoms with Gasteiger partial charge in [-0.15, -0.1) is 0 Å². The number of rotatable bonds is 3. The van der Waals surface area contributed by atoms with Gasteiger partial charge in [0, 0.05) is 4.47 Å². The van der Waals surface area contributed by atoms with E-state index in [9.17, 15) is 9.90 Å². The molecule has 0 heterocycles. The fraction of sp³-hybridized carbons (Fsp3) is 0.222. The highest BCUT2D eigenvalue weighted by atomic mass is 79.9. The van der Waals surface area contributed by atoms with E-state index in [2.05, 4.69) is 21.2 Å². The first kappa shape index (κ1) is 11.0. The number of carbonyl (C=O) groups is 1. The molecule has 1 rings (SSSR count). The maximum atomic E-state index is 10.2. The van der Waals surface area contributed by atoms with Gasteiger partial charge in [-0.2, -0.15) is 0 Å². The van der Waals surface area contributed by atoms with Crippen molar-refractivity contribution in [2.45, 2.75) is 6.10 Å². The van der Waals surface area contributed by atoms with E-state index in [4.69, 9.17) is 5.11 Å². The molecule has 76 valence electrons. The van der Waals surface area contributed by atoms with Crippen molar-refractivity contribution in [1.82, 2.24) is 5.32 Å². The van der Waals surface area contributed by atoms with Crippen LogP contribution in [0.1, 0.15) is 11.7 Å². The third-order valence-corrected chi connectivity index (χ3v) is 2.23. The number of nitrogens with one attached hydrogen (secondary N) is 1. The Hall–Kier alpha value is -1.07. The monoisotopic (exact) mass is 259 g/mol. The normalized spacial score (nSPS) is 12.1. The summed E-state index contributed by atoms with van der Waals surface area (Å²) >= 11 is 3.27. The van der Waals surface area contributed by atoms with Crippen molar-refractivity contribution >= 4 is 22.0 Å². The van der Waals surface area contributed by atoms with Gasteiger partial charge >= 0.3 is 6.09 Å². The molecule has 3 N–H and O–H groups in total. The summed E-state index contributed by atoms with van der Waals surface area (Å²) in [6, 6.07) is 7.05. The van der Waals surface area contributed by atoms with Gasteiger partial charge in [-0.25, -0.2) is 4.79 Å². The quantitative estimate of drug-likeness (QED) is 0.775. The molecule has 5 heteroatoms. The molecule has 1 amide bonds. The highest BCUT2D eigenvalue weighted by Gasteiger charge is 2.07. The lowest BCUT2D eigenvalue weighted by atomic mass is 10.1. The summed E-state index contributed by atoms with van der Waals surface area (Å²) in [7, 11) is 0. The van der Waals surface area contributed by atoms with Crippen molar-refractivity contribution in [2.24, 2.45) is 0 Å². The fourth-order valence-electron chi connectivity index (χ4n) is 0.987. The lowest BCUT2D eigenvalue weighted by Gasteiger charge is -2.10. The Labute approximate surface area is 89.7 Å². The molecule has 1 aromatic rings. The molecular weight excluding hydrogens is 250 g/mol. The summed E-state index contributed by atoms with van der Waals surface area (Å²) < 4.78 is 0.916. The predicted octanol–water partition coefficient (Wildman–Crippen LogP) is 1.75. The average molecular weight is 260 g/mol. The van der Waals surface area contributed by atoms with Gasteiger partial charge in [-0.05, 0) is 17.7 Å². The van der Waals surface area contributed by atoms with Crippen molar-refractivity contribution < 1.29 is 15.0 Å². The second kappa shape index (κ2) is 4.97. The van der Waals surface area contributed by atoms with Crippen LogP contribution in [-0.2, 0) is 0 Å². The molecule has 0 saturated heterocycles. The van der Waals surface area contributed by atoms with Crippen molar-refractivity contribution in [1.29, 1.82) is 0 Å². The summed E-state index contributed by atoms with van der Waals surface area (Å²) in [6.07, 6.45) is -1.94. The number of halogens is 1. The standard InChI is InChI=1S/C9H10BrNO3/c10-7-3-1-6(2-4-7)8(12)5-11-9(13)14/h1-4,8,11-12H,5H2,(H,13,14)/t8-/m1/s1. The second-order valence-corrected chi connectivity index (χ2v) is 3.67. The molecule has 0 spiro atoms.